The van der Waals surface area contributed by atoms with Crippen LogP contribution in [-0.4, -0.2) is 19.0 Å². The standard InChI is InChI=1S/C12H16ClN3O/c13-10-3-1-2-4-11(10)15-16-12(17)9-5-7-14-8-6-9/h1-4,9,14-15H,5-8H2,(H,16,17). The van der Waals surface area contributed by atoms with Crippen molar-refractivity contribution in [2.45, 2.75) is 12.8 Å². The summed E-state index contributed by atoms with van der Waals surface area (Å²) in [5.41, 5.74) is 6.29. The Bertz CT molecular complexity index is 391. The second-order valence-electron chi connectivity index (χ2n) is 4.12. The molecule has 1 aromatic rings. The van der Waals surface area contributed by atoms with Crippen LogP contribution >= 0.6 is 11.6 Å². The van der Waals surface area contributed by atoms with Gasteiger partial charge in [0.2, 0.25) is 5.91 Å². The van der Waals surface area contributed by atoms with Gasteiger partial charge in [0, 0.05) is 5.92 Å². The number of carbonyl (C=O) groups is 1. The van der Waals surface area contributed by atoms with Gasteiger partial charge in [0.25, 0.3) is 0 Å². The maximum atomic E-state index is 11.8. The highest BCUT2D eigenvalue weighted by Crippen LogP contribution is 2.19. The average Bonchev–Trinajstić information content (AvgIpc) is 2.38. The van der Waals surface area contributed by atoms with E-state index in [-0.39, 0.29) is 11.8 Å². The Morgan fingerprint density at radius 3 is 2.71 bits per heavy atom. The molecule has 17 heavy (non-hydrogen) atoms. The van der Waals surface area contributed by atoms with Gasteiger partial charge >= 0.3 is 0 Å². The van der Waals surface area contributed by atoms with Crippen molar-refractivity contribution >= 4 is 23.2 Å². The first-order valence-corrected chi connectivity index (χ1v) is 6.16. The molecule has 2 rings (SSSR count). The minimum atomic E-state index is 0.0337. The van der Waals surface area contributed by atoms with Crippen LogP contribution in [0.1, 0.15) is 12.8 Å². The van der Waals surface area contributed by atoms with E-state index in [0.717, 1.165) is 31.6 Å². The molecule has 5 heteroatoms. The summed E-state index contributed by atoms with van der Waals surface area (Å²) in [5.74, 6) is 0.123. The molecule has 1 aliphatic heterocycles. The molecule has 0 aliphatic carbocycles. The zero-order chi connectivity index (χ0) is 12.1. The Morgan fingerprint density at radius 1 is 1.29 bits per heavy atom. The third-order valence-electron chi connectivity index (χ3n) is 2.90. The molecule has 92 valence electrons. The van der Waals surface area contributed by atoms with Gasteiger partial charge in [0.05, 0.1) is 10.7 Å². The van der Waals surface area contributed by atoms with Crippen LogP contribution in [0.4, 0.5) is 5.69 Å². The van der Waals surface area contributed by atoms with Gasteiger partial charge < -0.3 is 5.32 Å². The van der Waals surface area contributed by atoms with Crippen molar-refractivity contribution in [3.63, 3.8) is 0 Å². The third kappa shape index (κ3) is 3.35. The van der Waals surface area contributed by atoms with Crippen LogP contribution in [0.2, 0.25) is 5.02 Å². The van der Waals surface area contributed by atoms with Gasteiger partial charge in [-0.15, -0.1) is 0 Å². The number of hydrogen-bond donors (Lipinski definition) is 3. The number of amides is 1. The Kier molecular flexibility index (Phi) is 4.23. The molecule has 4 nitrogen and oxygen atoms in total. The van der Waals surface area contributed by atoms with Crippen molar-refractivity contribution in [3.8, 4) is 0 Å². The predicted octanol–water partition coefficient (Wildman–Crippen LogP) is 1.78. The number of carbonyl (C=O) groups excluding carboxylic acids is 1. The Morgan fingerprint density at radius 2 is 2.00 bits per heavy atom. The van der Waals surface area contributed by atoms with Gasteiger partial charge in [-0.25, -0.2) is 0 Å². The van der Waals surface area contributed by atoms with E-state index in [1.807, 2.05) is 18.2 Å². The topological polar surface area (TPSA) is 53.2 Å². The van der Waals surface area contributed by atoms with E-state index in [1.54, 1.807) is 6.07 Å². The predicted molar refractivity (Wildman–Crippen MR) is 68.8 cm³/mol. The molecule has 0 atom stereocenters. The molecule has 0 spiro atoms. The second kappa shape index (κ2) is 5.89. The summed E-state index contributed by atoms with van der Waals surface area (Å²) in [7, 11) is 0. The molecule has 0 radical (unpaired) electrons. The van der Waals surface area contributed by atoms with Crippen molar-refractivity contribution in [2.75, 3.05) is 18.5 Å². The number of piperidine rings is 1. The summed E-state index contributed by atoms with van der Waals surface area (Å²) in [6, 6.07) is 7.32. The first-order valence-electron chi connectivity index (χ1n) is 5.78. The van der Waals surface area contributed by atoms with Crippen molar-refractivity contribution in [2.24, 2.45) is 5.92 Å². The summed E-state index contributed by atoms with van der Waals surface area (Å²) in [5, 5.41) is 3.83. The first kappa shape index (κ1) is 12.2. The van der Waals surface area contributed by atoms with Crippen LogP contribution in [-0.2, 0) is 4.79 Å². The van der Waals surface area contributed by atoms with Crippen LogP contribution in [0.25, 0.3) is 0 Å². The Labute approximate surface area is 106 Å². The van der Waals surface area contributed by atoms with E-state index >= 15 is 0 Å². The van der Waals surface area contributed by atoms with Gasteiger partial charge in [0.15, 0.2) is 0 Å². The van der Waals surface area contributed by atoms with E-state index < -0.39 is 0 Å². The molecule has 0 aromatic heterocycles. The zero-order valence-electron chi connectivity index (χ0n) is 9.50. The number of hydrazine groups is 1. The molecule has 1 fully saturated rings. The highest BCUT2D eigenvalue weighted by molar-refractivity contribution is 6.33. The molecule has 1 amide bonds. The summed E-state index contributed by atoms with van der Waals surface area (Å²) < 4.78 is 0. The van der Waals surface area contributed by atoms with Crippen LogP contribution in [0.3, 0.4) is 0 Å². The highest BCUT2D eigenvalue weighted by Gasteiger charge is 2.20. The lowest BCUT2D eigenvalue weighted by Gasteiger charge is -2.22. The van der Waals surface area contributed by atoms with Gasteiger partial charge in [-0.05, 0) is 38.1 Å². The fraction of sp³-hybridized carbons (Fsp3) is 0.417. The van der Waals surface area contributed by atoms with E-state index in [4.69, 9.17) is 11.6 Å². The lowest BCUT2D eigenvalue weighted by Crippen LogP contribution is -2.40. The van der Waals surface area contributed by atoms with Gasteiger partial charge in [-0.3, -0.25) is 15.6 Å². The fourth-order valence-corrected chi connectivity index (χ4v) is 2.06. The number of halogens is 1. The number of nitrogens with one attached hydrogen (secondary N) is 3. The van der Waals surface area contributed by atoms with Crippen LogP contribution in [0.15, 0.2) is 24.3 Å². The molecule has 3 N–H and O–H groups in total. The summed E-state index contributed by atoms with van der Waals surface area (Å²) in [4.78, 5) is 11.8. The van der Waals surface area contributed by atoms with Crippen molar-refractivity contribution in [3.05, 3.63) is 29.3 Å². The molecule has 1 saturated heterocycles. The second-order valence-corrected chi connectivity index (χ2v) is 4.53. The highest BCUT2D eigenvalue weighted by atomic mass is 35.5. The van der Waals surface area contributed by atoms with Gasteiger partial charge in [-0.1, -0.05) is 23.7 Å². The Hall–Kier alpha value is -1.26. The normalized spacial score (nSPS) is 16.5. The molecule has 0 saturated carbocycles. The molecule has 0 unspecified atom stereocenters. The van der Waals surface area contributed by atoms with Crippen LogP contribution in [0.5, 0.6) is 0 Å². The monoisotopic (exact) mass is 253 g/mol. The van der Waals surface area contributed by atoms with Gasteiger partial charge in [-0.2, -0.15) is 0 Å². The largest absolute Gasteiger partial charge is 0.317 e. The number of benzene rings is 1. The SMILES string of the molecule is O=C(NNc1ccccc1Cl)C1CCNCC1. The summed E-state index contributed by atoms with van der Waals surface area (Å²) in [6.07, 6.45) is 1.77. The lowest BCUT2D eigenvalue weighted by atomic mass is 9.98. The van der Waals surface area contributed by atoms with E-state index in [0.29, 0.717) is 5.02 Å². The van der Waals surface area contributed by atoms with Crippen molar-refractivity contribution < 1.29 is 4.79 Å². The van der Waals surface area contributed by atoms with Gasteiger partial charge in [0.1, 0.15) is 0 Å². The molecule has 1 aliphatic rings. The van der Waals surface area contributed by atoms with Crippen LogP contribution in [0, 0.1) is 5.92 Å². The van der Waals surface area contributed by atoms with Crippen LogP contribution < -0.4 is 16.2 Å². The number of hydrogen-bond acceptors (Lipinski definition) is 3. The zero-order valence-corrected chi connectivity index (χ0v) is 10.3. The van der Waals surface area contributed by atoms with E-state index in [9.17, 15) is 4.79 Å². The fourth-order valence-electron chi connectivity index (χ4n) is 1.88. The van der Waals surface area contributed by atoms with E-state index in [2.05, 4.69) is 16.2 Å². The third-order valence-corrected chi connectivity index (χ3v) is 3.23. The smallest absolute Gasteiger partial charge is 0.241 e. The minimum absolute atomic E-state index is 0.0337. The summed E-state index contributed by atoms with van der Waals surface area (Å²) >= 11 is 5.97. The van der Waals surface area contributed by atoms with E-state index in [1.165, 1.54) is 0 Å². The maximum Gasteiger partial charge on any atom is 0.241 e. The van der Waals surface area contributed by atoms with Crippen molar-refractivity contribution in [1.29, 1.82) is 0 Å². The number of rotatable bonds is 3. The summed E-state index contributed by atoms with van der Waals surface area (Å²) in [6.45, 7) is 1.81. The quantitative estimate of drug-likeness (QED) is 0.720. The first-order chi connectivity index (χ1) is 8.27. The Balaban J connectivity index is 1.85. The lowest BCUT2D eigenvalue weighted by molar-refractivity contribution is -0.125. The molecule has 1 heterocycles. The van der Waals surface area contributed by atoms with Crippen molar-refractivity contribution in [1.82, 2.24) is 10.7 Å². The molecule has 0 bridgehead atoms. The molecule has 1 aromatic carbocycles. The minimum Gasteiger partial charge on any atom is -0.317 e. The number of anilines is 1. The molecular formula is C12H16ClN3O. The number of para-hydroxylation sites is 1. The maximum absolute atomic E-state index is 11.8. The molecular weight excluding hydrogens is 238 g/mol. The average molecular weight is 254 g/mol.